The second-order valence-corrected chi connectivity index (χ2v) is 6.03. The zero-order valence-electron chi connectivity index (χ0n) is 13.3. The topological polar surface area (TPSA) is 72.5 Å². The predicted molar refractivity (Wildman–Crippen MR) is 83.4 cm³/mol. The number of nitrogens with one attached hydrogen (secondary N) is 1. The SMILES string of the molecule is CC.CC[C@H](C)[C@H](NS(=O)(=O)c1ccccc1)C(=O)OC. The number of hydrogen-bond acceptors (Lipinski definition) is 4. The Morgan fingerprint density at radius 3 is 2.19 bits per heavy atom. The molecule has 5 nitrogen and oxygen atoms in total. The van der Waals surface area contributed by atoms with Gasteiger partial charge < -0.3 is 4.74 Å². The molecule has 0 heterocycles. The van der Waals surface area contributed by atoms with Crippen LogP contribution in [0.15, 0.2) is 35.2 Å². The van der Waals surface area contributed by atoms with Gasteiger partial charge in [-0.2, -0.15) is 4.72 Å². The standard InChI is InChI=1S/C13H19NO4S.C2H6/c1-4-10(2)12(13(15)18-3)14-19(16,17)11-8-6-5-7-9-11;1-2/h5-10,12,14H,4H2,1-3H3;1-2H3/t10-,12-;/m0./s1. The third-order valence-corrected chi connectivity index (χ3v) is 4.46. The summed E-state index contributed by atoms with van der Waals surface area (Å²) in [6, 6.07) is 7.07. The average Bonchev–Trinajstić information content (AvgIpc) is 2.54. The van der Waals surface area contributed by atoms with Crippen LogP contribution in [0.25, 0.3) is 0 Å². The fourth-order valence-electron chi connectivity index (χ4n) is 1.59. The molecule has 1 aromatic carbocycles. The highest BCUT2D eigenvalue weighted by atomic mass is 32.2. The number of hydrogen-bond donors (Lipinski definition) is 1. The number of methoxy groups -OCH3 is 1. The summed E-state index contributed by atoms with van der Waals surface area (Å²) < 4.78 is 31.4. The van der Waals surface area contributed by atoms with Crippen molar-refractivity contribution in [3.8, 4) is 0 Å². The van der Waals surface area contributed by atoms with Gasteiger partial charge in [0.2, 0.25) is 10.0 Å². The Morgan fingerprint density at radius 2 is 1.76 bits per heavy atom. The number of esters is 1. The van der Waals surface area contributed by atoms with Gasteiger partial charge in [0.05, 0.1) is 12.0 Å². The molecule has 0 unspecified atom stereocenters. The van der Waals surface area contributed by atoms with E-state index in [4.69, 9.17) is 0 Å². The Balaban J connectivity index is 0.00000191. The molecule has 0 saturated heterocycles. The molecule has 0 spiro atoms. The highest BCUT2D eigenvalue weighted by molar-refractivity contribution is 7.89. The Bertz CT molecular complexity index is 514. The van der Waals surface area contributed by atoms with Crippen LogP contribution in [0.1, 0.15) is 34.1 Å². The van der Waals surface area contributed by atoms with Crippen LogP contribution in [0.2, 0.25) is 0 Å². The Kier molecular flexibility index (Phi) is 8.89. The van der Waals surface area contributed by atoms with Crippen LogP contribution >= 0.6 is 0 Å². The molecular formula is C15H25NO4S. The molecule has 2 atom stereocenters. The molecule has 0 aliphatic carbocycles. The molecule has 0 saturated carbocycles. The van der Waals surface area contributed by atoms with Gasteiger partial charge in [-0.25, -0.2) is 8.42 Å². The molecule has 0 aromatic heterocycles. The van der Waals surface area contributed by atoms with Crippen molar-refractivity contribution in [1.82, 2.24) is 4.72 Å². The van der Waals surface area contributed by atoms with E-state index in [9.17, 15) is 13.2 Å². The van der Waals surface area contributed by atoms with Crippen molar-refractivity contribution in [2.45, 2.75) is 45.1 Å². The third-order valence-electron chi connectivity index (χ3n) is 3.00. The van der Waals surface area contributed by atoms with E-state index in [1.54, 1.807) is 25.1 Å². The number of carbonyl (C=O) groups is 1. The van der Waals surface area contributed by atoms with Gasteiger partial charge in [-0.15, -0.1) is 0 Å². The van der Waals surface area contributed by atoms with E-state index < -0.39 is 22.0 Å². The number of carbonyl (C=O) groups excluding carboxylic acids is 1. The molecule has 0 aliphatic heterocycles. The molecule has 0 bridgehead atoms. The van der Waals surface area contributed by atoms with E-state index in [1.807, 2.05) is 20.8 Å². The smallest absolute Gasteiger partial charge is 0.324 e. The zero-order chi connectivity index (χ0) is 16.5. The molecule has 0 radical (unpaired) electrons. The molecule has 6 heteroatoms. The van der Waals surface area contributed by atoms with Gasteiger partial charge in [-0.3, -0.25) is 4.79 Å². The Morgan fingerprint density at radius 1 is 1.24 bits per heavy atom. The maximum absolute atomic E-state index is 12.2. The van der Waals surface area contributed by atoms with Crippen LogP contribution in [-0.4, -0.2) is 27.5 Å². The zero-order valence-corrected chi connectivity index (χ0v) is 14.1. The fourth-order valence-corrected chi connectivity index (χ4v) is 2.91. The maximum Gasteiger partial charge on any atom is 0.324 e. The summed E-state index contributed by atoms with van der Waals surface area (Å²) in [6.45, 7) is 7.69. The molecule has 0 aliphatic rings. The fraction of sp³-hybridized carbons (Fsp3) is 0.533. The number of ether oxygens (including phenoxy) is 1. The lowest BCUT2D eigenvalue weighted by Crippen LogP contribution is -2.45. The molecule has 0 fully saturated rings. The van der Waals surface area contributed by atoms with Gasteiger partial charge in [0.1, 0.15) is 6.04 Å². The molecule has 1 rings (SSSR count). The van der Waals surface area contributed by atoms with Crippen LogP contribution in [0.4, 0.5) is 0 Å². The second kappa shape index (κ2) is 9.52. The van der Waals surface area contributed by atoms with Crippen molar-refractivity contribution in [2.24, 2.45) is 5.92 Å². The Labute approximate surface area is 127 Å². The van der Waals surface area contributed by atoms with E-state index in [2.05, 4.69) is 9.46 Å². The van der Waals surface area contributed by atoms with E-state index in [1.165, 1.54) is 19.2 Å². The first kappa shape index (κ1) is 19.6. The lowest BCUT2D eigenvalue weighted by Gasteiger charge is -2.21. The van der Waals surface area contributed by atoms with Crippen molar-refractivity contribution in [3.05, 3.63) is 30.3 Å². The maximum atomic E-state index is 12.2. The van der Waals surface area contributed by atoms with E-state index in [-0.39, 0.29) is 10.8 Å². The van der Waals surface area contributed by atoms with Crippen LogP contribution in [0.5, 0.6) is 0 Å². The minimum absolute atomic E-state index is 0.132. The second-order valence-electron chi connectivity index (χ2n) is 4.32. The minimum atomic E-state index is -3.72. The summed E-state index contributed by atoms with van der Waals surface area (Å²) in [4.78, 5) is 11.8. The third kappa shape index (κ3) is 5.85. The minimum Gasteiger partial charge on any atom is -0.468 e. The predicted octanol–water partition coefficient (Wildman–Crippen LogP) is 2.58. The highest BCUT2D eigenvalue weighted by Crippen LogP contribution is 2.14. The molecule has 1 N–H and O–H groups in total. The molecular weight excluding hydrogens is 290 g/mol. The summed E-state index contributed by atoms with van der Waals surface area (Å²) in [5.41, 5.74) is 0. The average molecular weight is 315 g/mol. The van der Waals surface area contributed by atoms with Crippen molar-refractivity contribution < 1.29 is 17.9 Å². The van der Waals surface area contributed by atoms with Gasteiger partial charge >= 0.3 is 5.97 Å². The molecule has 1 aromatic rings. The summed E-state index contributed by atoms with van der Waals surface area (Å²) in [6.07, 6.45) is 0.664. The van der Waals surface area contributed by atoms with Gasteiger partial charge in [-0.1, -0.05) is 52.3 Å². The first-order valence-corrected chi connectivity index (χ1v) is 8.56. The first-order chi connectivity index (χ1) is 9.92. The largest absolute Gasteiger partial charge is 0.468 e. The summed E-state index contributed by atoms with van der Waals surface area (Å²) in [5.74, 6) is -0.722. The molecule has 120 valence electrons. The number of sulfonamides is 1. The van der Waals surface area contributed by atoms with Crippen LogP contribution in [0.3, 0.4) is 0 Å². The van der Waals surface area contributed by atoms with Gasteiger partial charge in [0.25, 0.3) is 0 Å². The van der Waals surface area contributed by atoms with E-state index in [0.29, 0.717) is 6.42 Å². The van der Waals surface area contributed by atoms with Crippen molar-refractivity contribution >= 4 is 16.0 Å². The first-order valence-electron chi connectivity index (χ1n) is 7.07. The number of benzene rings is 1. The summed E-state index contributed by atoms with van der Waals surface area (Å²) >= 11 is 0. The quantitative estimate of drug-likeness (QED) is 0.819. The van der Waals surface area contributed by atoms with Gasteiger partial charge in [-0.05, 0) is 18.1 Å². The number of rotatable bonds is 6. The molecule has 0 amide bonds. The lowest BCUT2D eigenvalue weighted by atomic mass is 10.0. The lowest BCUT2D eigenvalue weighted by molar-refractivity contribution is -0.143. The highest BCUT2D eigenvalue weighted by Gasteiger charge is 2.30. The molecule has 21 heavy (non-hydrogen) atoms. The van der Waals surface area contributed by atoms with Crippen molar-refractivity contribution in [3.63, 3.8) is 0 Å². The van der Waals surface area contributed by atoms with E-state index >= 15 is 0 Å². The van der Waals surface area contributed by atoms with Gasteiger partial charge in [0, 0.05) is 0 Å². The summed E-state index contributed by atoms with van der Waals surface area (Å²) in [7, 11) is -2.48. The van der Waals surface area contributed by atoms with Gasteiger partial charge in [0.15, 0.2) is 0 Å². The summed E-state index contributed by atoms with van der Waals surface area (Å²) in [5, 5.41) is 0. The van der Waals surface area contributed by atoms with Crippen LogP contribution in [0, 0.1) is 5.92 Å². The van der Waals surface area contributed by atoms with Crippen LogP contribution in [-0.2, 0) is 19.6 Å². The van der Waals surface area contributed by atoms with Crippen molar-refractivity contribution in [1.29, 1.82) is 0 Å². The van der Waals surface area contributed by atoms with Crippen LogP contribution < -0.4 is 4.72 Å². The van der Waals surface area contributed by atoms with E-state index in [0.717, 1.165) is 0 Å². The Hall–Kier alpha value is -1.40. The van der Waals surface area contributed by atoms with Crippen molar-refractivity contribution in [2.75, 3.05) is 7.11 Å². The normalized spacial score (nSPS) is 13.6. The monoisotopic (exact) mass is 315 g/mol.